The Kier molecular flexibility index (Phi) is 9.00. The van der Waals surface area contributed by atoms with Crippen molar-refractivity contribution in [3.63, 3.8) is 0 Å². The van der Waals surface area contributed by atoms with Gasteiger partial charge in [-0.25, -0.2) is 0 Å². The van der Waals surface area contributed by atoms with E-state index in [0.29, 0.717) is 24.7 Å². The summed E-state index contributed by atoms with van der Waals surface area (Å²) in [5, 5.41) is 21.4. The van der Waals surface area contributed by atoms with E-state index >= 15 is 0 Å². The molecule has 3 fully saturated rings. The molecule has 1 unspecified atom stereocenters. The van der Waals surface area contributed by atoms with Crippen molar-refractivity contribution in [3.05, 3.63) is 35.5 Å². The number of hydrogen-bond acceptors (Lipinski definition) is 2. The first-order chi connectivity index (χ1) is 15.8. The molecule has 3 rings (SSSR count). The van der Waals surface area contributed by atoms with Crippen LogP contribution in [0.2, 0.25) is 0 Å². The molecule has 0 amide bonds. The summed E-state index contributed by atoms with van der Waals surface area (Å²) in [6, 6.07) is 0. The summed E-state index contributed by atoms with van der Waals surface area (Å²) >= 11 is 0. The summed E-state index contributed by atoms with van der Waals surface area (Å²) in [6.07, 6.45) is 19.1. The van der Waals surface area contributed by atoms with E-state index in [9.17, 15) is 10.2 Å². The molecule has 0 spiro atoms. The topological polar surface area (TPSA) is 40.5 Å². The highest BCUT2D eigenvalue weighted by atomic mass is 16.3. The van der Waals surface area contributed by atoms with Gasteiger partial charge < -0.3 is 10.2 Å². The number of rotatable bonds is 9. The van der Waals surface area contributed by atoms with Crippen molar-refractivity contribution in [1.29, 1.82) is 0 Å². The highest BCUT2D eigenvalue weighted by Gasteiger charge is 2.50. The van der Waals surface area contributed by atoms with Crippen molar-refractivity contribution in [1.82, 2.24) is 0 Å². The zero-order valence-electron chi connectivity index (χ0n) is 23.3. The Balaban J connectivity index is 1.70. The molecule has 0 aromatic rings. The predicted octanol–water partition coefficient (Wildman–Crippen LogP) is 8.54. The summed E-state index contributed by atoms with van der Waals surface area (Å²) in [7, 11) is 0. The molecule has 0 bridgehead atoms. The maximum absolute atomic E-state index is 11.2. The molecule has 34 heavy (non-hydrogen) atoms. The van der Waals surface area contributed by atoms with Crippen LogP contribution in [0.4, 0.5) is 0 Å². The van der Waals surface area contributed by atoms with E-state index in [2.05, 4.69) is 46.4 Å². The van der Waals surface area contributed by atoms with Crippen molar-refractivity contribution >= 4 is 0 Å². The van der Waals surface area contributed by atoms with Gasteiger partial charge in [0.15, 0.2) is 0 Å². The van der Waals surface area contributed by atoms with Gasteiger partial charge in [0.25, 0.3) is 0 Å². The van der Waals surface area contributed by atoms with Crippen molar-refractivity contribution in [2.24, 2.45) is 29.1 Å². The van der Waals surface area contributed by atoms with Gasteiger partial charge in [0, 0.05) is 6.42 Å². The molecule has 0 aromatic carbocycles. The fraction of sp³-hybridized carbons (Fsp3) is 0.812. The molecule has 0 radical (unpaired) electrons. The third kappa shape index (κ3) is 6.88. The van der Waals surface area contributed by atoms with Crippen LogP contribution in [0, 0.1) is 29.1 Å². The largest absolute Gasteiger partial charge is 0.390 e. The molecular formula is C32H54O2. The Bertz CT molecular complexity index is 766. The molecule has 3 aliphatic carbocycles. The number of hydrogen-bond donors (Lipinski definition) is 2. The van der Waals surface area contributed by atoms with Crippen LogP contribution < -0.4 is 0 Å². The number of aliphatic hydroxyl groups is 2. The van der Waals surface area contributed by atoms with Gasteiger partial charge in [-0.3, -0.25) is 0 Å². The lowest BCUT2D eigenvalue weighted by molar-refractivity contribution is -0.0143. The Morgan fingerprint density at radius 3 is 2.50 bits per heavy atom. The zero-order valence-corrected chi connectivity index (χ0v) is 23.3. The molecule has 5 atom stereocenters. The maximum Gasteiger partial charge on any atom is 0.0692 e. The maximum atomic E-state index is 11.2. The van der Waals surface area contributed by atoms with Crippen LogP contribution >= 0.6 is 0 Å². The van der Waals surface area contributed by atoms with Crippen LogP contribution in [-0.4, -0.2) is 21.4 Å². The van der Waals surface area contributed by atoms with Crippen LogP contribution in [0.5, 0.6) is 0 Å². The molecule has 3 saturated carbocycles. The van der Waals surface area contributed by atoms with Gasteiger partial charge in [-0.05, 0) is 106 Å². The SMILES string of the molecule is C=C1CC[C@@](O)(CCC(C)(C)O)C/C1=C/C=C1CCC[C@@]2(C)C1CC[C@@H]2[C@H](C)CCCC(C)C. The first-order valence-electron chi connectivity index (χ1n) is 14.4. The van der Waals surface area contributed by atoms with Crippen molar-refractivity contribution in [3.8, 4) is 0 Å². The molecule has 0 heterocycles. The molecule has 2 heteroatoms. The minimum Gasteiger partial charge on any atom is -0.390 e. The van der Waals surface area contributed by atoms with E-state index in [1.165, 1.54) is 62.5 Å². The van der Waals surface area contributed by atoms with Gasteiger partial charge in [-0.15, -0.1) is 0 Å². The molecular weight excluding hydrogens is 416 g/mol. The lowest BCUT2D eigenvalue weighted by Gasteiger charge is -2.44. The molecule has 0 aliphatic heterocycles. The van der Waals surface area contributed by atoms with E-state index in [4.69, 9.17) is 0 Å². The monoisotopic (exact) mass is 470 g/mol. The molecule has 3 aliphatic rings. The van der Waals surface area contributed by atoms with E-state index < -0.39 is 11.2 Å². The molecule has 0 aromatic heterocycles. The van der Waals surface area contributed by atoms with E-state index in [1.807, 2.05) is 13.8 Å². The second-order valence-electron chi connectivity index (χ2n) is 13.6. The Morgan fingerprint density at radius 2 is 1.82 bits per heavy atom. The van der Waals surface area contributed by atoms with Crippen molar-refractivity contribution < 1.29 is 10.2 Å². The predicted molar refractivity (Wildman–Crippen MR) is 146 cm³/mol. The minimum atomic E-state index is -0.729. The molecule has 2 N–H and O–H groups in total. The summed E-state index contributed by atoms with van der Waals surface area (Å²) in [6.45, 7) is 17.8. The fourth-order valence-corrected chi connectivity index (χ4v) is 7.51. The average molecular weight is 471 g/mol. The third-order valence-corrected chi connectivity index (χ3v) is 9.73. The second kappa shape index (κ2) is 11.0. The lowest BCUT2D eigenvalue weighted by atomic mass is 9.60. The van der Waals surface area contributed by atoms with E-state index in [-0.39, 0.29) is 0 Å². The van der Waals surface area contributed by atoms with Gasteiger partial charge in [0.2, 0.25) is 0 Å². The highest BCUT2D eigenvalue weighted by Crippen LogP contribution is 2.60. The van der Waals surface area contributed by atoms with Gasteiger partial charge >= 0.3 is 0 Å². The zero-order chi connectivity index (χ0) is 25.1. The van der Waals surface area contributed by atoms with Crippen molar-refractivity contribution in [2.75, 3.05) is 0 Å². The first kappa shape index (κ1) is 27.7. The van der Waals surface area contributed by atoms with Gasteiger partial charge in [0.1, 0.15) is 0 Å². The summed E-state index contributed by atoms with van der Waals surface area (Å²) in [4.78, 5) is 0. The number of fused-ring (bicyclic) bond motifs is 1. The van der Waals surface area contributed by atoms with Crippen LogP contribution in [0.1, 0.15) is 125 Å². The Morgan fingerprint density at radius 1 is 1.09 bits per heavy atom. The van der Waals surface area contributed by atoms with Gasteiger partial charge in [-0.2, -0.15) is 0 Å². The Hall–Kier alpha value is -0.860. The number of allylic oxidation sites excluding steroid dienone is 4. The van der Waals surface area contributed by atoms with Crippen LogP contribution in [0.15, 0.2) is 35.5 Å². The normalized spacial score (nSPS) is 35.9. The van der Waals surface area contributed by atoms with Crippen LogP contribution in [0.25, 0.3) is 0 Å². The fourth-order valence-electron chi connectivity index (χ4n) is 7.51. The summed E-state index contributed by atoms with van der Waals surface area (Å²) < 4.78 is 0. The molecule has 0 saturated heterocycles. The molecule has 2 nitrogen and oxygen atoms in total. The minimum absolute atomic E-state index is 0.455. The van der Waals surface area contributed by atoms with E-state index in [1.54, 1.807) is 5.57 Å². The molecule has 194 valence electrons. The first-order valence-corrected chi connectivity index (χ1v) is 14.4. The smallest absolute Gasteiger partial charge is 0.0692 e. The summed E-state index contributed by atoms with van der Waals surface area (Å²) in [5.74, 6) is 3.23. The summed E-state index contributed by atoms with van der Waals surface area (Å²) in [5.41, 5.74) is 3.07. The Labute approximate surface area is 211 Å². The van der Waals surface area contributed by atoms with Crippen LogP contribution in [0.3, 0.4) is 0 Å². The average Bonchev–Trinajstić information content (AvgIpc) is 3.10. The van der Waals surface area contributed by atoms with E-state index in [0.717, 1.165) is 36.5 Å². The van der Waals surface area contributed by atoms with Gasteiger partial charge in [0.05, 0.1) is 11.2 Å². The van der Waals surface area contributed by atoms with Crippen LogP contribution in [-0.2, 0) is 0 Å². The lowest BCUT2D eigenvalue weighted by Crippen LogP contribution is -2.36. The van der Waals surface area contributed by atoms with Crippen molar-refractivity contribution in [2.45, 2.75) is 136 Å². The second-order valence-corrected chi connectivity index (χ2v) is 13.6. The standard InChI is InChI=1S/C32H54O2/c1-23(2)10-8-11-25(4)28-15-16-29-26(12-9-18-31(28,29)7)13-14-27-22-32(34,19-17-24(27)3)21-20-30(5,6)33/h13-14,23,25,28-29,33-34H,3,8-12,15-22H2,1-2,4-7H3/b26-13?,27-14-/t25-,28-,29?,31-,32-/m1/s1. The third-order valence-electron chi connectivity index (χ3n) is 9.73. The quantitative estimate of drug-likeness (QED) is 0.354. The van der Waals surface area contributed by atoms with Gasteiger partial charge in [-0.1, -0.05) is 76.8 Å². The highest BCUT2D eigenvalue weighted by molar-refractivity contribution is 5.37.